The molecule has 0 aromatic heterocycles. The SMILES string of the molecule is CCCN1CC(NCC2CCCCC2)CC(C(C)O)C1. The molecule has 3 nitrogen and oxygen atoms in total. The summed E-state index contributed by atoms with van der Waals surface area (Å²) in [5.74, 6) is 1.34. The topological polar surface area (TPSA) is 35.5 Å². The van der Waals surface area contributed by atoms with Gasteiger partial charge in [-0.1, -0.05) is 26.2 Å². The zero-order valence-electron chi connectivity index (χ0n) is 13.5. The molecule has 1 aliphatic carbocycles. The molecule has 1 aliphatic heterocycles. The van der Waals surface area contributed by atoms with Gasteiger partial charge in [0, 0.05) is 19.1 Å². The molecule has 118 valence electrons. The normalized spacial score (nSPS) is 31.4. The molecule has 3 heteroatoms. The van der Waals surface area contributed by atoms with Crippen LogP contribution in [-0.4, -0.2) is 48.3 Å². The van der Waals surface area contributed by atoms with Gasteiger partial charge in [0.05, 0.1) is 6.10 Å². The predicted octanol–water partition coefficient (Wildman–Crippen LogP) is 2.64. The smallest absolute Gasteiger partial charge is 0.0553 e. The Morgan fingerprint density at radius 3 is 2.60 bits per heavy atom. The van der Waals surface area contributed by atoms with E-state index in [1.54, 1.807) is 0 Å². The molecule has 3 atom stereocenters. The van der Waals surface area contributed by atoms with Crippen LogP contribution >= 0.6 is 0 Å². The lowest BCUT2D eigenvalue weighted by atomic mass is 9.87. The Hall–Kier alpha value is -0.120. The summed E-state index contributed by atoms with van der Waals surface area (Å²) in [6, 6.07) is 0.580. The van der Waals surface area contributed by atoms with E-state index in [2.05, 4.69) is 17.1 Å². The maximum Gasteiger partial charge on any atom is 0.0553 e. The summed E-state index contributed by atoms with van der Waals surface area (Å²) in [5.41, 5.74) is 0. The fourth-order valence-corrected chi connectivity index (χ4v) is 3.95. The predicted molar refractivity (Wildman–Crippen MR) is 84.9 cm³/mol. The van der Waals surface area contributed by atoms with E-state index in [0.717, 1.165) is 18.9 Å². The summed E-state index contributed by atoms with van der Waals surface area (Å²) < 4.78 is 0. The van der Waals surface area contributed by atoms with Crippen LogP contribution in [0.4, 0.5) is 0 Å². The largest absolute Gasteiger partial charge is 0.393 e. The van der Waals surface area contributed by atoms with Crippen LogP contribution in [-0.2, 0) is 0 Å². The number of rotatable bonds is 6. The molecule has 2 aliphatic rings. The van der Waals surface area contributed by atoms with E-state index in [4.69, 9.17) is 0 Å². The van der Waals surface area contributed by atoms with Gasteiger partial charge in [-0.25, -0.2) is 0 Å². The average molecular weight is 282 g/mol. The third kappa shape index (κ3) is 5.01. The quantitative estimate of drug-likeness (QED) is 0.786. The Morgan fingerprint density at radius 1 is 1.20 bits per heavy atom. The van der Waals surface area contributed by atoms with Gasteiger partial charge < -0.3 is 15.3 Å². The molecule has 2 fully saturated rings. The van der Waals surface area contributed by atoms with E-state index in [-0.39, 0.29) is 6.10 Å². The van der Waals surface area contributed by atoms with Crippen LogP contribution < -0.4 is 5.32 Å². The van der Waals surface area contributed by atoms with E-state index < -0.39 is 0 Å². The van der Waals surface area contributed by atoms with Gasteiger partial charge in [-0.3, -0.25) is 0 Å². The van der Waals surface area contributed by atoms with Crippen molar-refractivity contribution in [2.75, 3.05) is 26.2 Å². The van der Waals surface area contributed by atoms with Crippen molar-refractivity contribution in [3.63, 3.8) is 0 Å². The van der Waals surface area contributed by atoms with E-state index in [1.165, 1.54) is 58.2 Å². The van der Waals surface area contributed by atoms with Crippen LogP contribution in [0.25, 0.3) is 0 Å². The fraction of sp³-hybridized carbons (Fsp3) is 1.00. The lowest BCUT2D eigenvalue weighted by Crippen LogP contribution is -2.52. The number of nitrogens with zero attached hydrogens (tertiary/aromatic N) is 1. The van der Waals surface area contributed by atoms with E-state index in [1.807, 2.05) is 6.92 Å². The minimum absolute atomic E-state index is 0.173. The first kappa shape index (κ1) is 16.3. The first-order chi connectivity index (χ1) is 9.69. The van der Waals surface area contributed by atoms with Gasteiger partial charge in [0.15, 0.2) is 0 Å². The van der Waals surface area contributed by atoms with Crippen LogP contribution in [0, 0.1) is 11.8 Å². The number of hydrogen-bond acceptors (Lipinski definition) is 3. The Morgan fingerprint density at radius 2 is 1.95 bits per heavy atom. The molecule has 0 aromatic rings. The zero-order chi connectivity index (χ0) is 14.4. The molecule has 20 heavy (non-hydrogen) atoms. The second kappa shape index (κ2) is 8.35. The molecule has 0 aromatic carbocycles. The van der Waals surface area contributed by atoms with Crippen molar-refractivity contribution in [1.82, 2.24) is 10.2 Å². The highest BCUT2D eigenvalue weighted by Gasteiger charge is 2.29. The van der Waals surface area contributed by atoms with Crippen molar-refractivity contribution in [2.24, 2.45) is 11.8 Å². The molecule has 0 amide bonds. The maximum absolute atomic E-state index is 9.94. The van der Waals surface area contributed by atoms with Crippen LogP contribution in [0.1, 0.15) is 58.8 Å². The lowest BCUT2D eigenvalue weighted by molar-refractivity contribution is 0.0470. The maximum atomic E-state index is 9.94. The Balaban J connectivity index is 1.78. The Kier molecular flexibility index (Phi) is 6.79. The second-order valence-electron chi connectivity index (χ2n) is 7.11. The molecular formula is C17H34N2O. The molecule has 1 heterocycles. The Labute approximate surface area is 125 Å². The number of aliphatic hydroxyl groups is 1. The number of likely N-dealkylation sites (tertiary alicyclic amines) is 1. The van der Waals surface area contributed by atoms with Crippen molar-refractivity contribution in [1.29, 1.82) is 0 Å². The second-order valence-corrected chi connectivity index (χ2v) is 7.11. The summed E-state index contributed by atoms with van der Waals surface area (Å²) >= 11 is 0. The standard InChI is InChI=1S/C17H34N2O/c1-3-9-19-12-16(14(2)20)10-17(13-19)18-11-15-7-5-4-6-8-15/h14-18,20H,3-13H2,1-2H3. The highest BCUT2D eigenvalue weighted by atomic mass is 16.3. The van der Waals surface area contributed by atoms with E-state index in [9.17, 15) is 5.11 Å². The monoisotopic (exact) mass is 282 g/mol. The molecule has 1 saturated carbocycles. The molecule has 3 unspecified atom stereocenters. The third-order valence-electron chi connectivity index (χ3n) is 5.20. The van der Waals surface area contributed by atoms with Crippen LogP contribution in [0.3, 0.4) is 0 Å². The van der Waals surface area contributed by atoms with Gasteiger partial charge in [-0.05, 0) is 57.5 Å². The highest BCUT2D eigenvalue weighted by molar-refractivity contribution is 4.86. The number of aliphatic hydroxyl groups excluding tert-OH is 1. The minimum Gasteiger partial charge on any atom is -0.393 e. The molecule has 2 rings (SSSR count). The summed E-state index contributed by atoms with van der Waals surface area (Å²) in [7, 11) is 0. The van der Waals surface area contributed by atoms with Gasteiger partial charge in [0.1, 0.15) is 0 Å². The first-order valence-corrected chi connectivity index (χ1v) is 8.82. The average Bonchev–Trinajstić information content (AvgIpc) is 2.46. The Bertz CT molecular complexity index is 264. The fourth-order valence-electron chi connectivity index (χ4n) is 3.95. The van der Waals surface area contributed by atoms with Crippen LogP contribution in [0.15, 0.2) is 0 Å². The van der Waals surface area contributed by atoms with Gasteiger partial charge >= 0.3 is 0 Å². The molecule has 1 saturated heterocycles. The van der Waals surface area contributed by atoms with Crippen molar-refractivity contribution >= 4 is 0 Å². The molecular weight excluding hydrogens is 248 g/mol. The van der Waals surface area contributed by atoms with Crippen LogP contribution in [0.5, 0.6) is 0 Å². The lowest BCUT2D eigenvalue weighted by Gasteiger charge is -2.40. The van der Waals surface area contributed by atoms with E-state index >= 15 is 0 Å². The summed E-state index contributed by atoms with van der Waals surface area (Å²) in [5, 5.41) is 13.8. The van der Waals surface area contributed by atoms with Crippen LogP contribution in [0.2, 0.25) is 0 Å². The minimum atomic E-state index is -0.173. The zero-order valence-corrected chi connectivity index (χ0v) is 13.5. The molecule has 0 spiro atoms. The van der Waals surface area contributed by atoms with Gasteiger partial charge in [-0.2, -0.15) is 0 Å². The molecule has 0 radical (unpaired) electrons. The van der Waals surface area contributed by atoms with Gasteiger partial charge in [-0.15, -0.1) is 0 Å². The van der Waals surface area contributed by atoms with Crippen molar-refractivity contribution in [3.05, 3.63) is 0 Å². The van der Waals surface area contributed by atoms with Gasteiger partial charge in [0.25, 0.3) is 0 Å². The van der Waals surface area contributed by atoms with E-state index in [0.29, 0.717) is 12.0 Å². The number of hydrogen-bond donors (Lipinski definition) is 2. The number of piperidine rings is 1. The number of nitrogens with one attached hydrogen (secondary N) is 1. The van der Waals surface area contributed by atoms with Crippen molar-refractivity contribution in [2.45, 2.75) is 70.9 Å². The van der Waals surface area contributed by atoms with Crippen molar-refractivity contribution in [3.8, 4) is 0 Å². The highest BCUT2D eigenvalue weighted by Crippen LogP contribution is 2.24. The van der Waals surface area contributed by atoms with Crippen molar-refractivity contribution < 1.29 is 5.11 Å². The summed E-state index contributed by atoms with van der Waals surface area (Å²) in [6.45, 7) is 8.81. The third-order valence-corrected chi connectivity index (χ3v) is 5.20. The summed E-state index contributed by atoms with van der Waals surface area (Å²) in [4.78, 5) is 2.54. The molecule has 0 bridgehead atoms. The molecule has 2 N–H and O–H groups in total. The summed E-state index contributed by atoms with van der Waals surface area (Å²) in [6.07, 6.45) is 9.30. The first-order valence-electron chi connectivity index (χ1n) is 8.82. The van der Waals surface area contributed by atoms with Gasteiger partial charge in [0.2, 0.25) is 0 Å².